The Bertz CT molecular complexity index is 785. The second kappa shape index (κ2) is 5.46. The van der Waals surface area contributed by atoms with E-state index in [-0.39, 0.29) is 23.9 Å². The minimum absolute atomic E-state index is 0.0921. The van der Waals surface area contributed by atoms with Crippen LogP contribution in [0, 0.1) is 17.0 Å². The van der Waals surface area contributed by atoms with Crippen LogP contribution in [0.4, 0.5) is 11.4 Å². The maximum Gasteiger partial charge on any atom is 0.291 e. The number of nitro benzene ring substituents is 1. The second-order valence-corrected chi connectivity index (χ2v) is 5.77. The smallest absolute Gasteiger partial charge is 0.291 e. The average molecular weight is 313 g/mol. The largest absolute Gasteiger partial charge is 0.399 e. The molecule has 0 aliphatic carbocycles. The Labute approximate surface area is 119 Å². The molecule has 0 atom stereocenters. The predicted molar refractivity (Wildman–Crippen MR) is 70.6 cm³/mol. The van der Waals surface area contributed by atoms with Crippen molar-refractivity contribution in [1.29, 1.82) is 0 Å². The number of aryl methyl sites for hydroxylation is 1. The van der Waals surface area contributed by atoms with Crippen LogP contribution in [0.1, 0.15) is 11.7 Å². The molecule has 0 aliphatic rings. The maximum atomic E-state index is 12.1. The Kier molecular flexibility index (Phi) is 3.86. The summed E-state index contributed by atoms with van der Waals surface area (Å²) < 4.78 is 31.1. The molecule has 0 saturated carbocycles. The number of hydrogen-bond donors (Lipinski definition) is 2. The van der Waals surface area contributed by atoms with Gasteiger partial charge in [0.2, 0.25) is 15.9 Å². The standard InChI is InChI=1S/C10H11N5O5S/c1-6-13-10(14-20-6)5-12-21(18,19)9-3-2-7(11)4-8(9)15(16)17/h2-4,12H,5,11H2,1H3. The highest BCUT2D eigenvalue weighted by Gasteiger charge is 2.26. The van der Waals surface area contributed by atoms with Crippen LogP contribution < -0.4 is 10.5 Å². The molecule has 0 bridgehead atoms. The Balaban J connectivity index is 2.29. The first-order chi connectivity index (χ1) is 9.79. The molecule has 1 heterocycles. The number of nitrogens with zero attached hydrogens (tertiary/aromatic N) is 3. The number of rotatable bonds is 5. The molecule has 0 aliphatic heterocycles. The van der Waals surface area contributed by atoms with Gasteiger partial charge in [0.05, 0.1) is 11.5 Å². The molecule has 2 rings (SSSR count). The molecular weight excluding hydrogens is 302 g/mol. The molecule has 2 aromatic rings. The molecule has 3 N–H and O–H groups in total. The minimum atomic E-state index is -4.11. The van der Waals surface area contributed by atoms with Crippen molar-refractivity contribution in [3.05, 3.63) is 40.0 Å². The Hall–Kier alpha value is -2.53. The van der Waals surface area contributed by atoms with Gasteiger partial charge in [0.25, 0.3) is 5.69 Å². The first-order valence-electron chi connectivity index (χ1n) is 5.62. The number of sulfonamides is 1. The van der Waals surface area contributed by atoms with Crippen molar-refractivity contribution in [2.45, 2.75) is 18.4 Å². The van der Waals surface area contributed by atoms with E-state index in [9.17, 15) is 18.5 Å². The number of anilines is 1. The number of benzene rings is 1. The van der Waals surface area contributed by atoms with Gasteiger partial charge in [-0.15, -0.1) is 0 Å². The van der Waals surface area contributed by atoms with E-state index in [1.165, 1.54) is 6.07 Å². The number of nitrogen functional groups attached to an aromatic ring is 1. The highest BCUT2D eigenvalue weighted by Crippen LogP contribution is 2.25. The summed E-state index contributed by atoms with van der Waals surface area (Å²) in [4.78, 5) is 13.4. The number of hydrogen-bond acceptors (Lipinski definition) is 8. The predicted octanol–water partition coefficient (Wildman–Crippen LogP) is 0.347. The van der Waals surface area contributed by atoms with Crippen LogP contribution in [-0.4, -0.2) is 23.5 Å². The SMILES string of the molecule is Cc1nc(CNS(=O)(=O)c2ccc(N)cc2[N+](=O)[O-])no1. The molecule has 0 amide bonds. The molecule has 112 valence electrons. The summed E-state index contributed by atoms with van der Waals surface area (Å²) in [5.74, 6) is 0.400. The molecule has 10 nitrogen and oxygen atoms in total. The van der Waals surface area contributed by atoms with Crippen LogP contribution in [0.15, 0.2) is 27.6 Å². The maximum absolute atomic E-state index is 12.1. The molecule has 11 heteroatoms. The van der Waals surface area contributed by atoms with Crippen molar-refractivity contribution in [2.24, 2.45) is 0 Å². The fourth-order valence-corrected chi connectivity index (χ4v) is 2.69. The summed E-state index contributed by atoms with van der Waals surface area (Å²) in [6.45, 7) is 1.30. The Morgan fingerprint density at radius 1 is 1.48 bits per heavy atom. The van der Waals surface area contributed by atoms with Gasteiger partial charge in [-0.1, -0.05) is 5.16 Å². The minimum Gasteiger partial charge on any atom is -0.399 e. The molecule has 0 radical (unpaired) electrons. The van der Waals surface area contributed by atoms with E-state index in [4.69, 9.17) is 10.3 Å². The van der Waals surface area contributed by atoms with Crippen molar-refractivity contribution < 1.29 is 17.9 Å². The van der Waals surface area contributed by atoms with Crippen molar-refractivity contribution >= 4 is 21.4 Å². The van der Waals surface area contributed by atoms with Crippen LogP contribution >= 0.6 is 0 Å². The lowest BCUT2D eigenvalue weighted by atomic mass is 10.3. The quantitative estimate of drug-likeness (QED) is 0.455. The summed E-state index contributed by atoms with van der Waals surface area (Å²) in [6.07, 6.45) is 0. The van der Waals surface area contributed by atoms with Crippen LogP contribution in [0.5, 0.6) is 0 Å². The van der Waals surface area contributed by atoms with Gasteiger partial charge in [-0.25, -0.2) is 13.1 Å². The first-order valence-corrected chi connectivity index (χ1v) is 7.10. The summed E-state index contributed by atoms with van der Waals surface area (Å²) in [6, 6.07) is 3.31. The monoisotopic (exact) mass is 313 g/mol. The third kappa shape index (κ3) is 3.32. The zero-order chi connectivity index (χ0) is 15.6. The van der Waals surface area contributed by atoms with Crippen molar-refractivity contribution in [3.8, 4) is 0 Å². The van der Waals surface area contributed by atoms with E-state index in [2.05, 4.69) is 14.9 Å². The number of nitrogens with two attached hydrogens (primary N) is 1. The Morgan fingerprint density at radius 3 is 2.76 bits per heavy atom. The van der Waals surface area contributed by atoms with Gasteiger partial charge in [-0.3, -0.25) is 10.1 Å². The first kappa shape index (κ1) is 14.9. The lowest BCUT2D eigenvalue weighted by molar-refractivity contribution is -0.387. The van der Waals surface area contributed by atoms with Gasteiger partial charge < -0.3 is 10.3 Å². The van der Waals surface area contributed by atoms with Crippen molar-refractivity contribution in [1.82, 2.24) is 14.9 Å². The van der Waals surface area contributed by atoms with Gasteiger partial charge >= 0.3 is 0 Å². The zero-order valence-corrected chi connectivity index (χ0v) is 11.6. The van der Waals surface area contributed by atoms with Crippen LogP contribution in [-0.2, 0) is 16.6 Å². The van der Waals surface area contributed by atoms with Crippen molar-refractivity contribution in [3.63, 3.8) is 0 Å². The third-order valence-electron chi connectivity index (χ3n) is 2.46. The summed E-state index contributed by atoms with van der Waals surface area (Å²) in [5.41, 5.74) is 4.91. The van der Waals surface area contributed by atoms with E-state index >= 15 is 0 Å². The number of nitrogens with one attached hydrogen (secondary N) is 1. The van der Waals surface area contributed by atoms with E-state index in [1.807, 2.05) is 0 Å². The van der Waals surface area contributed by atoms with Crippen LogP contribution in [0.3, 0.4) is 0 Å². The molecule has 21 heavy (non-hydrogen) atoms. The van der Waals surface area contributed by atoms with Gasteiger partial charge in [0.15, 0.2) is 10.7 Å². The highest BCUT2D eigenvalue weighted by molar-refractivity contribution is 7.89. The molecule has 1 aromatic carbocycles. The normalized spacial score (nSPS) is 11.5. The summed E-state index contributed by atoms with van der Waals surface area (Å²) >= 11 is 0. The highest BCUT2D eigenvalue weighted by atomic mass is 32.2. The molecule has 0 fully saturated rings. The van der Waals surface area contributed by atoms with Crippen molar-refractivity contribution in [2.75, 3.05) is 5.73 Å². The van der Waals surface area contributed by atoms with Crippen LogP contribution in [0.25, 0.3) is 0 Å². The summed E-state index contributed by atoms with van der Waals surface area (Å²) in [7, 11) is -4.11. The van der Waals surface area contributed by atoms with E-state index in [0.717, 1.165) is 12.1 Å². The Morgan fingerprint density at radius 2 is 2.19 bits per heavy atom. The molecular formula is C10H11N5O5S. The fraction of sp³-hybridized carbons (Fsp3) is 0.200. The number of nitro groups is 1. The topological polar surface area (TPSA) is 154 Å². The van der Waals surface area contributed by atoms with E-state index in [0.29, 0.717) is 0 Å². The molecule has 0 unspecified atom stereocenters. The molecule has 1 aromatic heterocycles. The van der Waals surface area contributed by atoms with Gasteiger partial charge in [0.1, 0.15) is 0 Å². The van der Waals surface area contributed by atoms with Gasteiger partial charge in [-0.2, -0.15) is 4.98 Å². The fourth-order valence-electron chi connectivity index (χ4n) is 1.55. The third-order valence-corrected chi connectivity index (χ3v) is 3.91. The van der Waals surface area contributed by atoms with Gasteiger partial charge in [0, 0.05) is 18.7 Å². The van der Waals surface area contributed by atoms with E-state index in [1.54, 1.807) is 6.92 Å². The second-order valence-electron chi connectivity index (χ2n) is 4.04. The van der Waals surface area contributed by atoms with E-state index < -0.39 is 25.5 Å². The zero-order valence-electron chi connectivity index (χ0n) is 10.8. The number of aromatic nitrogens is 2. The lowest BCUT2D eigenvalue weighted by Gasteiger charge is -2.06. The lowest BCUT2D eigenvalue weighted by Crippen LogP contribution is -2.24. The molecule has 0 spiro atoms. The summed E-state index contributed by atoms with van der Waals surface area (Å²) in [5, 5.41) is 14.4. The molecule has 0 saturated heterocycles. The average Bonchev–Trinajstić information content (AvgIpc) is 2.82. The van der Waals surface area contributed by atoms with Gasteiger partial charge in [-0.05, 0) is 12.1 Å². The van der Waals surface area contributed by atoms with Crippen LogP contribution in [0.2, 0.25) is 0 Å².